The zero-order valence-electron chi connectivity index (χ0n) is 14.3. The molecular formula is C17H27N3O2. The minimum absolute atomic E-state index is 0.00108. The average molecular weight is 305 g/mol. The largest absolute Gasteiger partial charge is 0.341 e. The van der Waals surface area contributed by atoms with E-state index in [0.29, 0.717) is 19.5 Å². The number of nitrogens with zero attached hydrogens (tertiary/aromatic N) is 2. The first-order chi connectivity index (χ1) is 10.3. The van der Waals surface area contributed by atoms with Crippen LogP contribution >= 0.6 is 0 Å². The van der Waals surface area contributed by atoms with E-state index in [1.54, 1.807) is 4.90 Å². The van der Waals surface area contributed by atoms with E-state index in [0.717, 1.165) is 17.8 Å². The quantitative estimate of drug-likeness (QED) is 0.839. The molecule has 0 atom stereocenters. The number of carbonyl (C=O) groups excluding carboxylic acids is 2. The summed E-state index contributed by atoms with van der Waals surface area (Å²) in [5, 5.41) is 2.91. The molecular weight excluding hydrogens is 278 g/mol. The third-order valence-electron chi connectivity index (χ3n) is 3.53. The van der Waals surface area contributed by atoms with Crippen LogP contribution in [0, 0.1) is 13.8 Å². The number of likely N-dealkylation sites (N-methyl/N-ethyl adjacent to an activating group) is 1. The van der Waals surface area contributed by atoms with Crippen molar-refractivity contribution < 1.29 is 9.59 Å². The first kappa shape index (κ1) is 18.2. The van der Waals surface area contributed by atoms with E-state index in [-0.39, 0.29) is 11.8 Å². The summed E-state index contributed by atoms with van der Waals surface area (Å²) < 4.78 is 0. The van der Waals surface area contributed by atoms with Gasteiger partial charge >= 0.3 is 0 Å². The SMILES string of the molecule is CC(=O)N(CCC(=O)Nc1ccc(C)cc1C)CCN(C)C. The fourth-order valence-electron chi connectivity index (χ4n) is 2.15. The molecule has 0 aromatic heterocycles. The second-order valence-electron chi connectivity index (χ2n) is 5.93. The molecule has 5 heteroatoms. The van der Waals surface area contributed by atoms with Crippen molar-refractivity contribution >= 4 is 17.5 Å². The average Bonchev–Trinajstić information content (AvgIpc) is 2.41. The predicted molar refractivity (Wildman–Crippen MR) is 90.0 cm³/mol. The lowest BCUT2D eigenvalue weighted by molar-refractivity contribution is -0.129. The fraction of sp³-hybridized carbons (Fsp3) is 0.529. The molecule has 0 aliphatic heterocycles. The molecule has 22 heavy (non-hydrogen) atoms. The number of carbonyl (C=O) groups is 2. The molecule has 0 unspecified atom stereocenters. The smallest absolute Gasteiger partial charge is 0.226 e. The summed E-state index contributed by atoms with van der Waals surface area (Å²) in [4.78, 5) is 27.4. The van der Waals surface area contributed by atoms with E-state index in [2.05, 4.69) is 5.32 Å². The van der Waals surface area contributed by atoms with Gasteiger partial charge in [-0.15, -0.1) is 0 Å². The molecule has 0 saturated heterocycles. The van der Waals surface area contributed by atoms with Crippen LogP contribution in [0.3, 0.4) is 0 Å². The van der Waals surface area contributed by atoms with Gasteiger partial charge in [0.1, 0.15) is 0 Å². The topological polar surface area (TPSA) is 52.7 Å². The van der Waals surface area contributed by atoms with Crippen LogP contribution in [0.1, 0.15) is 24.5 Å². The van der Waals surface area contributed by atoms with Crippen molar-refractivity contribution in [2.75, 3.05) is 39.0 Å². The normalized spacial score (nSPS) is 10.6. The van der Waals surface area contributed by atoms with Crippen molar-refractivity contribution in [3.8, 4) is 0 Å². The van der Waals surface area contributed by atoms with Gasteiger partial charge in [-0.25, -0.2) is 0 Å². The molecule has 1 aromatic carbocycles. The Morgan fingerprint density at radius 3 is 2.32 bits per heavy atom. The highest BCUT2D eigenvalue weighted by atomic mass is 16.2. The number of anilines is 1. The van der Waals surface area contributed by atoms with Crippen LogP contribution in [-0.2, 0) is 9.59 Å². The van der Waals surface area contributed by atoms with Crippen LogP contribution in [0.25, 0.3) is 0 Å². The van der Waals surface area contributed by atoms with Gasteiger partial charge in [0.15, 0.2) is 0 Å². The van der Waals surface area contributed by atoms with Crippen molar-refractivity contribution in [3.63, 3.8) is 0 Å². The first-order valence-corrected chi connectivity index (χ1v) is 7.57. The molecule has 0 saturated carbocycles. The molecule has 0 bridgehead atoms. The Labute approximate surface area is 133 Å². The van der Waals surface area contributed by atoms with Gasteiger partial charge in [-0.2, -0.15) is 0 Å². The van der Waals surface area contributed by atoms with Crippen molar-refractivity contribution in [3.05, 3.63) is 29.3 Å². The Bertz CT molecular complexity index is 527. The highest BCUT2D eigenvalue weighted by molar-refractivity contribution is 5.91. The second kappa shape index (κ2) is 8.54. The van der Waals surface area contributed by atoms with Crippen molar-refractivity contribution in [2.24, 2.45) is 0 Å². The number of benzene rings is 1. The van der Waals surface area contributed by atoms with Gasteiger partial charge in [0.25, 0.3) is 0 Å². The third kappa shape index (κ3) is 6.26. The lowest BCUT2D eigenvalue weighted by Crippen LogP contribution is -2.37. The zero-order chi connectivity index (χ0) is 16.7. The Hall–Kier alpha value is -1.88. The number of amides is 2. The van der Waals surface area contributed by atoms with Crippen molar-refractivity contribution in [1.82, 2.24) is 9.80 Å². The highest BCUT2D eigenvalue weighted by Crippen LogP contribution is 2.16. The maximum atomic E-state index is 12.1. The molecule has 0 heterocycles. The van der Waals surface area contributed by atoms with Crippen LogP contribution < -0.4 is 5.32 Å². The van der Waals surface area contributed by atoms with E-state index in [1.165, 1.54) is 12.5 Å². The molecule has 0 radical (unpaired) electrons. The van der Waals surface area contributed by atoms with Crippen LogP contribution in [0.5, 0.6) is 0 Å². The Kier molecular flexibility index (Phi) is 7.05. The summed E-state index contributed by atoms with van der Waals surface area (Å²) in [6.07, 6.45) is 0.306. The lowest BCUT2D eigenvalue weighted by Gasteiger charge is -2.22. The Balaban J connectivity index is 2.51. The molecule has 0 aliphatic carbocycles. The fourth-order valence-corrected chi connectivity index (χ4v) is 2.15. The lowest BCUT2D eigenvalue weighted by atomic mass is 10.1. The number of aryl methyl sites for hydroxylation is 2. The maximum absolute atomic E-state index is 12.1. The van der Waals surface area contributed by atoms with Crippen LogP contribution in [0.15, 0.2) is 18.2 Å². The molecule has 122 valence electrons. The molecule has 1 N–H and O–H groups in total. The third-order valence-corrected chi connectivity index (χ3v) is 3.53. The van der Waals surface area contributed by atoms with Crippen molar-refractivity contribution in [1.29, 1.82) is 0 Å². The summed E-state index contributed by atoms with van der Waals surface area (Å²) >= 11 is 0. The van der Waals surface area contributed by atoms with E-state index in [9.17, 15) is 9.59 Å². The van der Waals surface area contributed by atoms with Crippen LogP contribution in [0.2, 0.25) is 0 Å². The van der Waals surface area contributed by atoms with Crippen LogP contribution in [-0.4, -0.2) is 55.3 Å². The highest BCUT2D eigenvalue weighted by Gasteiger charge is 2.12. The van der Waals surface area contributed by atoms with Crippen LogP contribution in [0.4, 0.5) is 5.69 Å². The van der Waals surface area contributed by atoms with Gasteiger partial charge in [-0.1, -0.05) is 17.7 Å². The van der Waals surface area contributed by atoms with E-state index >= 15 is 0 Å². The molecule has 1 rings (SSSR count). The Morgan fingerprint density at radius 2 is 1.77 bits per heavy atom. The van der Waals surface area contributed by atoms with E-state index < -0.39 is 0 Å². The first-order valence-electron chi connectivity index (χ1n) is 7.57. The summed E-state index contributed by atoms with van der Waals surface area (Å²) in [6.45, 7) is 7.41. The minimum Gasteiger partial charge on any atom is -0.341 e. The molecule has 5 nitrogen and oxygen atoms in total. The number of rotatable bonds is 7. The predicted octanol–water partition coefficient (Wildman–Crippen LogP) is 2.04. The summed E-state index contributed by atoms with van der Waals surface area (Å²) in [7, 11) is 3.93. The van der Waals surface area contributed by atoms with Gasteiger partial charge < -0.3 is 15.1 Å². The summed E-state index contributed by atoms with van der Waals surface area (Å²) in [5.41, 5.74) is 3.05. The molecule has 2 amide bonds. The van der Waals surface area contributed by atoms with Gasteiger partial charge in [0, 0.05) is 38.7 Å². The number of hydrogen-bond acceptors (Lipinski definition) is 3. The summed E-state index contributed by atoms with van der Waals surface area (Å²) in [6, 6.07) is 5.92. The Morgan fingerprint density at radius 1 is 1.09 bits per heavy atom. The molecule has 0 spiro atoms. The minimum atomic E-state index is -0.0666. The van der Waals surface area contributed by atoms with E-state index in [1.807, 2.05) is 51.0 Å². The molecule has 0 aliphatic rings. The van der Waals surface area contributed by atoms with Gasteiger partial charge in [0.2, 0.25) is 11.8 Å². The zero-order valence-corrected chi connectivity index (χ0v) is 14.3. The summed E-state index contributed by atoms with van der Waals surface area (Å²) in [5.74, 6) is -0.0655. The molecule has 0 fully saturated rings. The number of hydrogen-bond donors (Lipinski definition) is 1. The van der Waals surface area contributed by atoms with Gasteiger partial charge in [-0.3, -0.25) is 9.59 Å². The van der Waals surface area contributed by atoms with E-state index in [4.69, 9.17) is 0 Å². The van der Waals surface area contributed by atoms with Gasteiger partial charge in [-0.05, 0) is 39.6 Å². The molecule has 1 aromatic rings. The number of nitrogens with one attached hydrogen (secondary N) is 1. The van der Waals surface area contributed by atoms with Crippen molar-refractivity contribution in [2.45, 2.75) is 27.2 Å². The second-order valence-corrected chi connectivity index (χ2v) is 5.93. The standard InChI is InChI=1S/C17H27N3O2/c1-13-6-7-16(14(2)12-13)18-17(22)8-9-20(15(3)21)11-10-19(4)5/h6-7,12H,8-11H2,1-5H3,(H,18,22). The monoisotopic (exact) mass is 305 g/mol. The maximum Gasteiger partial charge on any atom is 0.226 e. The van der Waals surface area contributed by atoms with Gasteiger partial charge in [0.05, 0.1) is 0 Å².